The average molecular weight is 604 g/mol. The molecule has 210 valence electrons. The number of carbonyl (C=O) groups is 1. The van der Waals surface area contributed by atoms with Gasteiger partial charge in [-0.2, -0.15) is 0 Å². The number of carbonyl (C=O) groups excluding carboxylic acids is 1. The third-order valence-corrected chi connectivity index (χ3v) is 7.06. The second-order valence-electron chi connectivity index (χ2n) is 9.70. The molecule has 0 radical (unpaired) electrons. The number of fused-ring (bicyclic) bond motifs is 1. The molecule has 0 unspecified atom stereocenters. The quantitative estimate of drug-likeness (QED) is 0.180. The third kappa shape index (κ3) is 6.29. The highest BCUT2D eigenvalue weighted by Gasteiger charge is 2.23. The number of methoxy groups -OCH3 is 2. The number of pyridine rings is 1. The van der Waals surface area contributed by atoms with Gasteiger partial charge in [0.15, 0.2) is 5.16 Å². The minimum atomic E-state index is -0.644. The first-order chi connectivity index (χ1) is 18.9. The molecule has 0 bridgehead atoms. The summed E-state index contributed by atoms with van der Waals surface area (Å²) < 4.78 is 17.7. The van der Waals surface area contributed by atoms with E-state index < -0.39 is 11.7 Å². The predicted octanol–water partition coefficient (Wildman–Crippen LogP) is 6.90. The normalized spacial score (nSPS) is 11.4. The summed E-state index contributed by atoms with van der Waals surface area (Å²) in [5, 5.41) is 4.18. The van der Waals surface area contributed by atoms with Gasteiger partial charge in [0.25, 0.3) is 5.56 Å². The highest BCUT2D eigenvalue weighted by atomic mass is 35.5. The zero-order chi connectivity index (χ0) is 29.2. The molecule has 0 spiro atoms. The Balaban J connectivity index is 1.88. The second kappa shape index (κ2) is 12.0. The van der Waals surface area contributed by atoms with Gasteiger partial charge >= 0.3 is 6.09 Å². The fourth-order valence-corrected chi connectivity index (χ4v) is 5.08. The fraction of sp³-hybridized carbons (Fsp3) is 0.286. The highest BCUT2D eigenvalue weighted by molar-refractivity contribution is 7.98. The molecule has 4 aromatic rings. The van der Waals surface area contributed by atoms with Gasteiger partial charge in [-0.15, -0.1) is 0 Å². The van der Waals surface area contributed by atoms with E-state index in [0.717, 1.165) is 5.56 Å². The Bertz CT molecular complexity index is 1620. The number of thioether (sulfide) groups is 1. The second-order valence-corrected chi connectivity index (χ2v) is 11.2. The Kier molecular flexibility index (Phi) is 8.82. The van der Waals surface area contributed by atoms with Gasteiger partial charge in [0.1, 0.15) is 22.7 Å². The van der Waals surface area contributed by atoms with Crippen molar-refractivity contribution in [2.45, 2.75) is 38.1 Å². The molecule has 0 aliphatic carbocycles. The van der Waals surface area contributed by atoms with Crippen molar-refractivity contribution in [1.82, 2.24) is 14.5 Å². The molecule has 2 aromatic carbocycles. The van der Waals surface area contributed by atoms with E-state index in [1.54, 1.807) is 57.3 Å². The average Bonchev–Trinajstić information content (AvgIpc) is 2.90. The van der Waals surface area contributed by atoms with E-state index in [1.807, 2.05) is 12.3 Å². The number of hydrogen-bond acceptors (Lipinski definition) is 8. The van der Waals surface area contributed by atoms with Gasteiger partial charge in [-0.05, 0) is 50.8 Å². The first kappa shape index (κ1) is 29.5. The minimum Gasteiger partial charge on any atom is -0.495 e. The minimum absolute atomic E-state index is 0.133. The summed E-state index contributed by atoms with van der Waals surface area (Å²) in [7, 11) is 2.93. The maximum absolute atomic E-state index is 14.1. The van der Waals surface area contributed by atoms with Crippen LogP contribution in [0, 0.1) is 0 Å². The van der Waals surface area contributed by atoms with Crippen molar-refractivity contribution < 1.29 is 19.0 Å². The maximum Gasteiger partial charge on any atom is 0.412 e. The van der Waals surface area contributed by atoms with Gasteiger partial charge in [-0.1, -0.05) is 47.1 Å². The van der Waals surface area contributed by atoms with Crippen LogP contribution in [0.3, 0.4) is 0 Å². The van der Waals surface area contributed by atoms with Crippen molar-refractivity contribution in [1.29, 1.82) is 0 Å². The van der Waals surface area contributed by atoms with Crippen LogP contribution in [0.1, 0.15) is 26.3 Å². The van der Waals surface area contributed by atoms with Crippen molar-refractivity contribution in [2.75, 3.05) is 25.8 Å². The molecule has 4 rings (SSSR count). The van der Waals surface area contributed by atoms with Gasteiger partial charge in [-0.3, -0.25) is 14.7 Å². The van der Waals surface area contributed by atoms with E-state index in [2.05, 4.69) is 15.3 Å². The number of rotatable bonds is 7. The molecule has 0 saturated heterocycles. The summed E-state index contributed by atoms with van der Waals surface area (Å²) in [6.45, 7) is 5.49. The van der Waals surface area contributed by atoms with E-state index in [0.29, 0.717) is 33.4 Å². The largest absolute Gasteiger partial charge is 0.495 e. The molecule has 2 heterocycles. The van der Waals surface area contributed by atoms with E-state index in [9.17, 15) is 9.59 Å². The summed E-state index contributed by atoms with van der Waals surface area (Å²) >= 11 is 14.7. The number of ether oxygens (including phenoxy) is 3. The molecule has 9 nitrogen and oxygen atoms in total. The van der Waals surface area contributed by atoms with E-state index >= 15 is 0 Å². The van der Waals surface area contributed by atoms with Crippen molar-refractivity contribution >= 4 is 57.8 Å². The zero-order valence-corrected chi connectivity index (χ0v) is 25.1. The van der Waals surface area contributed by atoms with Crippen LogP contribution in [0.25, 0.3) is 22.2 Å². The van der Waals surface area contributed by atoms with Gasteiger partial charge in [-0.25, -0.2) is 14.8 Å². The first-order valence-corrected chi connectivity index (χ1v) is 14.1. The standard InChI is InChI=1S/C28H28Cl2N4O5S/c1-28(2,3)39-27(36)32-17-9-7-8-15(10-17)14-34-24-16(13-31-26(33-24)40-6)11-18(25(34)35)21-22(29)19(37-4)12-20(38-5)23(21)30/h7-13H,14H2,1-6H3,(H,32,36). The molecule has 0 saturated carbocycles. The molecule has 1 amide bonds. The Hall–Kier alpha value is -3.47. The van der Waals surface area contributed by atoms with E-state index in [1.165, 1.54) is 30.5 Å². The molecule has 40 heavy (non-hydrogen) atoms. The molecular formula is C28H28Cl2N4O5S. The van der Waals surface area contributed by atoms with Crippen molar-refractivity contribution in [3.8, 4) is 22.6 Å². The topological polar surface area (TPSA) is 105 Å². The molecule has 1 N–H and O–H groups in total. The molecule has 0 fully saturated rings. The molecule has 2 aromatic heterocycles. The highest BCUT2D eigenvalue weighted by Crippen LogP contribution is 2.45. The number of hydrogen-bond donors (Lipinski definition) is 1. The van der Waals surface area contributed by atoms with Gasteiger partial charge in [0.2, 0.25) is 0 Å². The summed E-state index contributed by atoms with van der Waals surface area (Å²) in [6.07, 6.45) is 2.92. The fourth-order valence-electron chi connectivity index (χ4n) is 4.04. The maximum atomic E-state index is 14.1. The Labute approximate surface area is 245 Å². The number of nitrogens with one attached hydrogen (secondary N) is 1. The molecule has 0 atom stereocenters. The van der Waals surface area contributed by atoms with Crippen molar-refractivity contribution in [3.05, 3.63) is 68.6 Å². The summed E-state index contributed by atoms with van der Waals surface area (Å²) in [4.78, 5) is 35.4. The number of benzene rings is 2. The summed E-state index contributed by atoms with van der Waals surface area (Å²) in [5.74, 6) is 0.609. The Morgan fingerprint density at radius 3 is 2.35 bits per heavy atom. The number of nitrogens with zero attached hydrogens (tertiary/aromatic N) is 3. The van der Waals surface area contributed by atoms with Crippen LogP contribution < -0.4 is 20.3 Å². The lowest BCUT2D eigenvalue weighted by atomic mass is 10.0. The summed E-state index contributed by atoms with van der Waals surface area (Å²) in [6, 6.07) is 10.3. The molecule has 12 heteroatoms. The Morgan fingerprint density at radius 1 is 1.07 bits per heavy atom. The third-order valence-electron chi connectivity index (χ3n) is 5.74. The number of anilines is 1. The van der Waals surface area contributed by atoms with Gasteiger partial charge in [0.05, 0.1) is 36.4 Å². The van der Waals surface area contributed by atoms with Crippen LogP contribution >= 0.6 is 35.0 Å². The zero-order valence-electron chi connectivity index (χ0n) is 22.8. The van der Waals surface area contributed by atoms with Crippen molar-refractivity contribution in [2.24, 2.45) is 0 Å². The Morgan fingerprint density at radius 2 is 1.75 bits per heavy atom. The lowest BCUT2D eigenvalue weighted by Gasteiger charge is -2.20. The monoisotopic (exact) mass is 602 g/mol. The van der Waals surface area contributed by atoms with Gasteiger partial charge < -0.3 is 14.2 Å². The number of halogens is 2. The molecule has 0 aliphatic rings. The van der Waals surface area contributed by atoms with Crippen LogP contribution in [0.2, 0.25) is 10.0 Å². The lowest BCUT2D eigenvalue weighted by Crippen LogP contribution is -2.27. The van der Waals surface area contributed by atoms with Crippen LogP contribution in [-0.2, 0) is 11.3 Å². The van der Waals surface area contributed by atoms with Crippen LogP contribution in [0.5, 0.6) is 11.5 Å². The van der Waals surface area contributed by atoms with Crippen LogP contribution in [0.4, 0.5) is 10.5 Å². The predicted molar refractivity (Wildman–Crippen MR) is 160 cm³/mol. The van der Waals surface area contributed by atoms with Gasteiger partial charge in [0, 0.05) is 28.9 Å². The first-order valence-electron chi connectivity index (χ1n) is 12.1. The molecular weight excluding hydrogens is 575 g/mol. The molecule has 0 aliphatic heterocycles. The van der Waals surface area contributed by atoms with E-state index in [-0.39, 0.29) is 33.3 Å². The van der Waals surface area contributed by atoms with Crippen LogP contribution in [-0.4, -0.2) is 46.7 Å². The van der Waals surface area contributed by atoms with Crippen LogP contribution in [0.15, 0.2) is 52.5 Å². The van der Waals surface area contributed by atoms with Crippen molar-refractivity contribution in [3.63, 3.8) is 0 Å². The van der Waals surface area contributed by atoms with E-state index in [4.69, 9.17) is 37.4 Å². The summed E-state index contributed by atoms with van der Waals surface area (Å²) in [5.41, 5.74) is 1.15. The smallest absolute Gasteiger partial charge is 0.412 e. The SMILES string of the molecule is COc1cc(OC)c(Cl)c(-c2cc3cnc(SC)nc3n(Cc3cccc(NC(=O)OC(C)(C)C)c3)c2=O)c1Cl. The number of amides is 1. The lowest BCUT2D eigenvalue weighted by molar-refractivity contribution is 0.0636. The number of aromatic nitrogens is 3.